The number of Topliss-reactive ketones (excluding diaryl/α,β-unsaturated/α-hetero) is 1. The van der Waals surface area contributed by atoms with Crippen LogP contribution < -0.4 is 4.74 Å². The van der Waals surface area contributed by atoms with Gasteiger partial charge in [-0.15, -0.1) is 0 Å². The molecule has 0 aliphatic heterocycles. The van der Waals surface area contributed by atoms with Crippen LogP contribution >= 0.6 is 0 Å². The van der Waals surface area contributed by atoms with Crippen molar-refractivity contribution in [2.24, 2.45) is 11.8 Å². The van der Waals surface area contributed by atoms with E-state index in [-0.39, 0.29) is 11.7 Å². The highest BCUT2D eigenvalue weighted by atomic mass is 16.5. The Morgan fingerprint density at radius 3 is 2.67 bits per heavy atom. The van der Waals surface area contributed by atoms with Crippen molar-refractivity contribution < 1.29 is 9.53 Å². The molecule has 1 aromatic heterocycles. The fourth-order valence-corrected chi connectivity index (χ4v) is 2.63. The Morgan fingerprint density at radius 1 is 1.33 bits per heavy atom. The van der Waals surface area contributed by atoms with Crippen molar-refractivity contribution in [2.75, 3.05) is 7.11 Å². The maximum absolute atomic E-state index is 12.3. The minimum atomic E-state index is 0.132. The molecule has 1 heterocycles. The summed E-state index contributed by atoms with van der Waals surface area (Å²) in [6.07, 6.45) is 6.92. The fourth-order valence-electron chi connectivity index (χ4n) is 2.63. The van der Waals surface area contributed by atoms with Crippen LogP contribution in [0.25, 0.3) is 0 Å². The zero-order valence-corrected chi connectivity index (χ0v) is 11.1. The van der Waals surface area contributed by atoms with Gasteiger partial charge >= 0.3 is 0 Å². The Bertz CT molecular complexity index is 412. The monoisotopic (exact) mass is 248 g/mol. The number of ketones is 1. The Labute approximate surface area is 108 Å². The molecule has 0 atom stereocenters. The zero-order valence-electron chi connectivity index (χ0n) is 11.1. The number of carbonyl (C=O) groups is 1. The first kappa shape index (κ1) is 13.0. The average Bonchev–Trinajstić information content (AvgIpc) is 2.46. The van der Waals surface area contributed by atoms with E-state index in [1.54, 1.807) is 13.2 Å². The zero-order chi connectivity index (χ0) is 13.0. The van der Waals surface area contributed by atoms with E-state index in [9.17, 15) is 4.79 Å². The molecule has 4 nitrogen and oxygen atoms in total. The normalized spacial score (nSPS) is 23.7. The smallest absolute Gasteiger partial charge is 0.216 e. The van der Waals surface area contributed by atoms with E-state index in [0.29, 0.717) is 11.6 Å². The van der Waals surface area contributed by atoms with E-state index in [0.717, 1.165) is 31.6 Å². The van der Waals surface area contributed by atoms with Crippen molar-refractivity contribution in [1.29, 1.82) is 0 Å². The predicted molar refractivity (Wildman–Crippen MR) is 68.7 cm³/mol. The van der Waals surface area contributed by atoms with Crippen molar-refractivity contribution >= 4 is 5.78 Å². The lowest BCUT2D eigenvalue weighted by atomic mass is 9.78. The maximum Gasteiger partial charge on any atom is 0.216 e. The molecule has 1 fully saturated rings. The van der Waals surface area contributed by atoms with Gasteiger partial charge in [-0.3, -0.25) is 4.79 Å². The number of nitrogens with zero attached hydrogens (tertiary/aromatic N) is 2. The second kappa shape index (κ2) is 5.94. The van der Waals surface area contributed by atoms with E-state index in [2.05, 4.69) is 16.9 Å². The van der Waals surface area contributed by atoms with Crippen LogP contribution in [0.2, 0.25) is 0 Å². The molecule has 0 spiro atoms. The number of aromatic nitrogens is 2. The summed E-state index contributed by atoms with van der Waals surface area (Å²) in [6.45, 7) is 2.22. The molecule has 0 aromatic carbocycles. The molecular weight excluding hydrogens is 228 g/mol. The Hall–Kier alpha value is -1.45. The summed E-state index contributed by atoms with van der Waals surface area (Å²) < 4.78 is 5.02. The number of carbonyl (C=O) groups excluding carboxylic acids is 1. The van der Waals surface area contributed by atoms with Crippen molar-refractivity contribution in [3.63, 3.8) is 0 Å². The Balaban J connectivity index is 2.03. The molecule has 0 saturated heterocycles. The van der Waals surface area contributed by atoms with Gasteiger partial charge in [0.15, 0.2) is 5.78 Å². The molecule has 2 rings (SSSR count). The molecule has 0 amide bonds. The van der Waals surface area contributed by atoms with Crippen LogP contribution in [0.15, 0.2) is 12.4 Å². The quantitative estimate of drug-likeness (QED) is 0.769. The van der Waals surface area contributed by atoms with Crippen LogP contribution in [-0.2, 0) is 0 Å². The van der Waals surface area contributed by atoms with E-state index in [4.69, 9.17) is 4.74 Å². The van der Waals surface area contributed by atoms with E-state index >= 15 is 0 Å². The third kappa shape index (κ3) is 2.86. The van der Waals surface area contributed by atoms with Crippen LogP contribution in [-0.4, -0.2) is 22.9 Å². The molecule has 0 N–H and O–H groups in total. The summed E-state index contributed by atoms with van der Waals surface area (Å²) in [5.74, 6) is 1.53. The first-order chi connectivity index (χ1) is 8.74. The summed E-state index contributed by atoms with van der Waals surface area (Å²) in [6, 6.07) is 1.63. The summed E-state index contributed by atoms with van der Waals surface area (Å²) >= 11 is 0. The lowest BCUT2D eigenvalue weighted by molar-refractivity contribution is 0.0865. The maximum atomic E-state index is 12.3. The molecule has 0 radical (unpaired) electrons. The van der Waals surface area contributed by atoms with Gasteiger partial charge in [0.05, 0.1) is 7.11 Å². The summed E-state index contributed by atoms with van der Waals surface area (Å²) in [5.41, 5.74) is 0.488. The summed E-state index contributed by atoms with van der Waals surface area (Å²) in [5, 5.41) is 0. The minimum Gasteiger partial charge on any atom is -0.481 e. The predicted octanol–water partition coefficient (Wildman–Crippen LogP) is 2.88. The van der Waals surface area contributed by atoms with Gasteiger partial charge in [-0.25, -0.2) is 9.97 Å². The van der Waals surface area contributed by atoms with Gasteiger partial charge in [0.25, 0.3) is 0 Å². The molecule has 18 heavy (non-hydrogen) atoms. The van der Waals surface area contributed by atoms with Gasteiger partial charge in [0, 0.05) is 12.0 Å². The van der Waals surface area contributed by atoms with Crippen LogP contribution in [0.5, 0.6) is 5.88 Å². The highest BCUT2D eigenvalue weighted by Gasteiger charge is 2.27. The summed E-state index contributed by atoms with van der Waals surface area (Å²) in [4.78, 5) is 20.3. The lowest BCUT2D eigenvalue weighted by Gasteiger charge is -2.26. The van der Waals surface area contributed by atoms with E-state index in [1.165, 1.54) is 12.7 Å². The van der Waals surface area contributed by atoms with E-state index < -0.39 is 0 Å². The highest BCUT2D eigenvalue weighted by Crippen LogP contribution is 2.32. The second-order valence-electron chi connectivity index (χ2n) is 4.94. The third-order valence-corrected chi connectivity index (χ3v) is 3.90. The highest BCUT2D eigenvalue weighted by molar-refractivity contribution is 5.96. The van der Waals surface area contributed by atoms with Crippen molar-refractivity contribution in [1.82, 2.24) is 9.97 Å². The molecule has 98 valence electrons. The molecule has 1 aliphatic rings. The number of hydrogen-bond donors (Lipinski definition) is 0. The van der Waals surface area contributed by atoms with Crippen molar-refractivity contribution in [3.8, 4) is 5.88 Å². The Morgan fingerprint density at radius 2 is 2.06 bits per heavy atom. The fraction of sp³-hybridized carbons (Fsp3) is 0.643. The molecule has 0 bridgehead atoms. The lowest BCUT2D eigenvalue weighted by Crippen LogP contribution is -2.22. The number of hydrogen-bond acceptors (Lipinski definition) is 4. The van der Waals surface area contributed by atoms with Crippen LogP contribution in [0.4, 0.5) is 0 Å². The van der Waals surface area contributed by atoms with Gasteiger partial charge in [-0.2, -0.15) is 0 Å². The molecule has 4 heteroatoms. The molecule has 1 saturated carbocycles. The van der Waals surface area contributed by atoms with Gasteiger partial charge in [0.1, 0.15) is 12.0 Å². The standard InChI is InChI=1S/C14H20N2O2/c1-3-10-4-6-11(7-5-10)14(17)12-8-13(18-2)16-9-15-12/h8-11H,3-7H2,1-2H3. The number of methoxy groups -OCH3 is 1. The van der Waals surface area contributed by atoms with Gasteiger partial charge in [0.2, 0.25) is 5.88 Å². The van der Waals surface area contributed by atoms with E-state index in [1.807, 2.05) is 0 Å². The average molecular weight is 248 g/mol. The molecule has 0 unspecified atom stereocenters. The van der Waals surface area contributed by atoms with Gasteiger partial charge in [-0.05, 0) is 31.6 Å². The largest absolute Gasteiger partial charge is 0.481 e. The topological polar surface area (TPSA) is 52.1 Å². The van der Waals surface area contributed by atoms with Gasteiger partial charge in [-0.1, -0.05) is 13.3 Å². The van der Waals surface area contributed by atoms with Crippen molar-refractivity contribution in [3.05, 3.63) is 18.1 Å². The van der Waals surface area contributed by atoms with Gasteiger partial charge < -0.3 is 4.74 Å². The number of ether oxygens (including phenoxy) is 1. The first-order valence-electron chi connectivity index (χ1n) is 6.64. The number of rotatable bonds is 4. The SMILES string of the molecule is CCC1CCC(C(=O)c2cc(OC)ncn2)CC1. The van der Waals surface area contributed by atoms with Crippen LogP contribution in [0, 0.1) is 11.8 Å². The first-order valence-corrected chi connectivity index (χ1v) is 6.64. The van der Waals surface area contributed by atoms with Crippen LogP contribution in [0.3, 0.4) is 0 Å². The third-order valence-electron chi connectivity index (χ3n) is 3.90. The second-order valence-corrected chi connectivity index (χ2v) is 4.94. The molecular formula is C14H20N2O2. The van der Waals surface area contributed by atoms with Crippen LogP contribution in [0.1, 0.15) is 49.5 Å². The minimum absolute atomic E-state index is 0.132. The summed E-state index contributed by atoms with van der Waals surface area (Å²) in [7, 11) is 1.54. The van der Waals surface area contributed by atoms with Crippen molar-refractivity contribution in [2.45, 2.75) is 39.0 Å². The molecule has 1 aromatic rings. The molecule has 1 aliphatic carbocycles. The Kier molecular flexibility index (Phi) is 4.28.